The zero-order chi connectivity index (χ0) is 11.5. The molecule has 0 saturated carbocycles. The van der Waals surface area contributed by atoms with Gasteiger partial charge in [0, 0.05) is 0 Å². The third kappa shape index (κ3) is 3.49. The lowest BCUT2D eigenvalue weighted by Crippen LogP contribution is -2.42. The Morgan fingerprint density at radius 2 is 1.93 bits per heavy atom. The molecule has 1 aliphatic rings. The normalized spacial score (nSPS) is 21.7. The van der Waals surface area contributed by atoms with E-state index in [-0.39, 0.29) is 11.4 Å². The van der Waals surface area contributed by atoms with Crippen LogP contribution in [0.15, 0.2) is 0 Å². The van der Waals surface area contributed by atoms with E-state index in [4.69, 9.17) is 4.74 Å². The first-order valence-electron chi connectivity index (χ1n) is 5.80. The van der Waals surface area contributed by atoms with E-state index in [1.165, 1.54) is 0 Å². The van der Waals surface area contributed by atoms with Crippen LogP contribution in [0.3, 0.4) is 0 Å². The van der Waals surface area contributed by atoms with Crippen molar-refractivity contribution in [1.29, 1.82) is 0 Å². The van der Waals surface area contributed by atoms with Crippen LogP contribution < -0.4 is 0 Å². The molecular formula is C12H23NO2. The Balaban J connectivity index is 2.43. The lowest BCUT2D eigenvalue weighted by Gasteiger charge is -2.35. The van der Waals surface area contributed by atoms with Gasteiger partial charge in [0.2, 0.25) is 0 Å². The fourth-order valence-electron chi connectivity index (χ4n) is 1.73. The topological polar surface area (TPSA) is 29.5 Å². The Kier molecular flexibility index (Phi) is 4.14. The minimum Gasteiger partial charge on any atom is -0.465 e. The van der Waals surface area contributed by atoms with Gasteiger partial charge in [0.15, 0.2) is 0 Å². The molecule has 1 rings (SSSR count). The number of ether oxygens (including phenoxy) is 1. The molecule has 0 N–H and O–H groups in total. The molecule has 0 aliphatic carbocycles. The summed E-state index contributed by atoms with van der Waals surface area (Å²) in [5, 5.41) is 0. The second-order valence-corrected chi connectivity index (χ2v) is 5.36. The van der Waals surface area contributed by atoms with Gasteiger partial charge in [-0.2, -0.15) is 0 Å². The van der Waals surface area contributed by atoms with Crippen molar-refractivity contribution < 1.29 is 9.53 Å². The van der Waals surface area contributed by atoms with Crippen LogP contribution in [0.1, 0.15) is 33.6 Å². The van der Waals surface area contributed by atoms with Gasteiger partial charge in [-0.25, -0.2) is 0 Å². The summed E-state index contributed by atoms with van der Waals surface area (Å²) in [6, 6.07) is 0. The molecule has 88 valence electrons. The minimum atomic E-state index is -0.249. The number of carbonyl (C=O) groups is 1. The lowest BCUT2D eigenvalue weighted by molar-refractivity contribution is -0.158. The van der Waals surface area contributed by atoms with Crippen molar-refractivity contribution in [2.45, 2.75) is 33.6 Å². The van der Waals surface area contributed by atoms with Gasteiger partial charge in [-0.3, -0.25) is 4.79 Å². The van der Waals surface area contributed by atoms with E-state index in [9.17, 15) is 4.79 Å². The number of carbonyl (C=O) groups excluding carboxylic acids is 1. The fourth-order valence-corrected chi connectivity index (χ4v) is 1.73. The number of nitrogens with zero attached hydrogens (tertiary/aromatic N) is 1. The van der Waals surface area contributed by atoms with Crippen LogP contribution in [0, 0.1) is 11.3 Å². The molecule has 0 aromatic rings. The van der Waals surface area contributed by atoms with Crippen molar-refractivity contribution in [1.82, 2.24) is 4.90 Å². The van der Waals surface area contributed by atoms with Gasteiger partial charge in [0.05, 0.1) is 12.0 Å². The van der Waals surface area contributed by atoms with E-state index in [1.54, 1.807) is 0 Å². The second-order valence-electron chi connectivity index (χ2n) is 5.36. The summed E-state index contributed by atoms with van der Waals surface area (Å²) < 4.78 is 5.32. The molecule has 0 aromatic heterocycles. The van der Waals surface area contributed by atoms with Gasteiger partial charge in [-0.15, -0.1) is 0 Å². The molecule has 0 unspecified atom stereocenters. The van der Waals surface area contributed by atoms with E-state index >= 15 is 0 Å². The summed E-state index contributed by atoms with van der Waals surface area (Å²) in [7, 11) is 2.10. The van der Waals surface area contributed by atoms with Crippen molar-refractivity contribution in [3.63, 3.8) is 0 Å². The number of hydrogen-bond donors (Lipinski definition) is 0. The van der Waals surface area contributed by atoms with Crippen LogP contribution in [0.5, 0.6) is 0 Å². The van der Waals surface area contributed by atoms with Crippen LogP contribution in [0.4, 0.5) is 0 Å². The number of piperidine rings is 1. The monoisotopic (exact) mass is 213 g/mol. The maximum Gasteiger partial charge on any atom is 0.311 e. The largest absolute Gasteiger partial charge is 0.465 e. The van der Waals surface area contributed by atoms with Crippen molar-refractivity contribution in [3.8, 4) is 0 Å². The SMILES string of the molecule is CC(C)COC(=O)C1(C)CCN(C)CC1. The highest BCUT2D eigenvalue weighted by Gasteiger charge is 2.37. The quantitative estimate of drug-likeness (QED) is 0.671. The lowest BCUT2D eigenvalue weighted by atomic mass is 9.80. The van der Waals surface area contributed by atoms with Gasteiger partial charge >= 0.3 is 5.97 Å². The maximum atomic E-state index is 11.9. The summed E-state index contributed by atoms with van der Waals surface area (Å²) in [6.07, 6.45) is 1.83. The van der Waals surface area contributed by atoms with Gasteiger partial charge in [0.25, 0.3) is 0 Å². The highest BCUT2D eigenvalue weighted by molar-refractivity contribution is 5.76. The highest BCUT2D eigenvalue weighted by atomic mass is 16.5. The van der Waals surface area contributed by atoms with Crippen LogP contribution in [0.25, 0.3) is 0 Å². The van der Waals surface area contributed by atoms with Crippen molar-refractivity contribution in [2.75, 3.05) is 26.7 Å². The molecule has 3 heteroatoms. The van der Waals surface area contributed by atoms with E-state index in [0.717, 1.165) is 25.9 Å². The molecule has 15 heavy (non-hydrogen) atoms. The molecule has 0 spiro atoms. The van der Waals surface area contributed by atoms with E-state index in [0.29, 0.717) is 12.5 Å². The molecule has 3 nitrogen and oxygen atoms in total. The smallest absolute Gasteiger partial charge is 0.311 e. The fraction of sp³-hybridized carbons (Fsp3) is 0.917. The van der Waals surface area contributed by atoms with Gasteiger partial charge in [-0.1, -0.05) is 13.8 Å². The second kappa shape index (κ2) is 4.97. The summed E-state index contributed by atoms with van der Waals surface area (Å²) in [6.45, 7) is 8.68. The Morgan fingerprint density at radius 1 is 1.40 bits per heavy atom. The zero-order valence-electron chi connectivity index (χ0n) is 10.4. The average Bonchev–Trinajstić information content (AvgIpc) is 2.19. The molecule has 0 aromatic carbocycles. The van der Waals surface area contributed by atoms with Crippen molar-refractivity contribution in [2.24, 2.45) is 11.3 Å². The first-order valence-corrected chi connectivity index (χ1v) is 5.80. The van der Waals surface area contributed by atoms with Gasteiger partial charge < -0.3 is 9.64 Å². The minimum absolute atomic E-state index is 0.00991. The molecule has 0 bridgehead atoms. The summed E-state index contributed by atoms with van der Waals surface area (Å²) in [4.78, 5) is 14.2. The predicted molar refractivity (Wildman–Crippen MR) is 60.6 cm³/mol. The van der Waals surface area contributed by atoms with Crippen LogP contribution in [-0.2, 0) is 9.53 Å². The highest BCUT2D eigenvalue weighted by Crippen LogP contribution is 2.31. The van der Waals surface area contributed by atoms with Crippen LogP contribution in [0.2, 0.25) is 0 Å². The third-order valence-corrected chi connectivity index (χ3v) is 3.13. The molecule has 0 radical (unpaired) electrons. The first-order chi connectivity index (χ1) is 6.94. The standard InChI is InChI=1S/C12H23NO2/c1-10(2)9-15-11(14)12(3)5-7-13(4)8-6-12/h10H,5-9H2,1-4H3. The number of rotatable bonds is 3. The molecule has 1 saturated heterocycles. The third-order valence-electron chi connectivity index (χ3n) is 3.13. The zero-order valence-corrected chi connectivity index (χ0v) is 10.4. The number of esters is 1. The summed E-state index contributed by atoms with van der Waals surface area (Å²) in [5.74, 6) is 0.410. The van der Waals surface area contributed by atoms with Crippen LogP contribution in [-0.4, -0.2) is 37.6 Å². The van der Waals surface area contributed by atoms with Gasteiger partial charge in [-0.05, 0) is 45.8 Å². The van der Waals surface area contributed by atoms with E-state index < -0.39 is 0 Å². The van der Waals surface area contributed by atoms with E-state index in [2.05, 4.69) is 25.8 Å². The molecular weight excluding hydrogens is 190 g/mol. The molecule has 1 aliphatic heterocycles. The Labute approximate surface area is 92.8 Å². The maximum absolute atomic E-state index is 11.9. The molecule has 1 fully saturated rings. The van der Waals surface area contributed by atoms with Crippen LogP contribution >= 0.6 is 0 Å². The first kappa shape index (κ1) is 12.5. The van der Waals surface area contributed by atoms with Crippen molar-refractivity contribution >= 4 is 5.97 Å². The van der Waals surface area contributed by atoms with E-state index in [1.807, 2.05) is 6.92 Å². The summed E-state index contributed by atoms with van der Waals surface area (Å²) >= 11 is 0. The Bertz CT molecular complexity index is 218. The van der Waals surface area contributed by atoms with Crippen molar-refractivity contribution in [3.05, 3.63) is 0 Å². The number of likely N-dealkylation sites (tertiary alicyclic amines) is 1. The number of hydrogen-bond acceptors (Lipinski definition) is 3. The molecule has 0 atom stereocenters. The molecule has 0 amide bonds. The Morgan fingerprint density at radius 3 is 2.40 bits per heavy atom. The molecule has 1 heterocycles. The average molecular weight is 213 g/mol. The van der Waals surface area contributed by atoms with Gasteiger partial charge in [0.1, 0.15) is 0 Å². The Hall–Kier alpha value is -0.570. The summed E-state index contributed by atoms with van der Waals surface area (Å²) in [5.41, 5.74) is -0.249. The predicted octanol–water partition coefficient (Wildman–Crippen LogP) is 1.92.